The van der Waals surface area contributed by atoms with Crippen LogP contribution in [0.25, 0.3) is 22.4 Å². The molecule has 10 heteroatoms. The van der Waals surface area contributed by atoms with E-state index < -0.39 is 0 Å². The van der Waals surface area contributed by atoms with Crippen molar-refractivity contribution in [1.82, 2.24) is 24.1 Å². The predicted octanol–water partition coefficient (Wildman–Crippen LogP) is 3.85. The van der Waals surface area contributed by atoms with Gasteiger partial charge in [-0.3, -0.25) is 14.0 Å². The van der Waals surface area contributed by atoms with Crippen LogP contribution in [0.4, 0.5) is 0 Å². The SMILES string of the molecule is COc1cccc(-n2c(=O)c3ccccc3n3c(SCC(=O)N(C)Cc4cccs4)nnc23)c1. The molecule has 0 unspecified atom stereocenters. The summed E-state index contributed by atoms with van der Waals surface area (Å²) in [7, 11) is 3.37. The van der Waals surface area contributed by atoms with Gasteiger partial charge in [0.2, 0.25) is 11.7 Å². The van der Waals surface area contributed by atoms with Gasteiger partial charge in [-0.1, -0.05) is 36.0 Å². The first kappa shape index (κ1) is 22.2. The van der Waals surface area contributed by atoms with Gasteiger partial charge < -0.3 is 9.64 Å². The van der Waals surface area contributed by atoms with E-state index >= 15 is 0 Å². The minimum atomic E-state index is -0.202. The summed E-state index contributed by atoms with van der Waals surface area (Å²) >= 11 is 2.92. The highest BCUT2D eigenvalue weighted by molar-refractivity contribution is 7.99. The standard InChI is InChI=1S/C24H21N5O3S2/c1-27(14-18-9-6-12-33-18)21(30)15-34-24-26-25-23-28(16-7-5-8-17(13-16)32-2)22(31)19-10-3-4-11-20(19)29(23)24/h3-13H,14-15H2,1-2H3. The highest BCUT2D eigenvalue weighted by Crippen LogP contribution is 2.25. The number of carbonyl (C=O) groups excluding carboxylic acids is 1. The van der Waals surface area contributed by atoms with Crippen LogP contribution in [0, 0.1) is 0 Å². The molecule has 2 aromatic carbocycles. The largest absolute Gasteiger partial charge is 0.497 e. The third-order valence-corrected chi connectivity index (χ3v) is 7.20. The maximum atomic E-state index is 13.4. The molecule has 5 rings (SSSR count). The Morgan fingerprint density at radius 1 is 1.12 bits per heavy atom. The quantitative estimate of drug-likeness (QED) is 0.322. The van der Waals surface area contributed by atoms with Crippen LogP contribution in [-0.2, 0) is 11.3 Å². The van der Waals surface area contributed by atoms with Crippen molar-refractivity contribution in [3.8, 4) is 11.4 Å². The maximum Gasteiger partial charge on any atom is 0.267 e. The smallest absolute Gasteiger partial charge is 0.267 e. The second-order valence-electron chi connectivity index (χ2n) is 7.60. The first-order chi connectivity index (χ1) is 16.6. The molecule has 0 aliphatic rings. The Morgan fingerprint density at radius 3 is 2.76 bits per heavy atom. The third kappa shape index (κ3) is 4.06. The number of thiophene rings is 1. The molecular weight excluding hydrogens is 470 g/mol. The summed E-state index contributed by atoms with van der Waals surface area (Å²) in [5.74, 6) is 1.19. The van der Waals surface area contributed by atoms with Crippen molar-refractivity contribution in [1.29, 1.82) is 0 Å². The summed E-state index contributed by atoms with van der Waals surface area (Å²) in [6.07, 6.45) is 0. The van der Waals surface area contributed by atoms with Crippen LogP contribution in [0.1, 0.15) is 4.88 Å². The Hall–Kier alpha value is -3.63. The van der Waals surface area contributed by atoms with Crippen molar-refractivity contribution in [3.05, 3.63) is 81.3 Å². The molecule has 0 saturated carbocycles. The molecule has 0 atom stereocenters. The van der Waals surface area contributed by atoms with E-state index in [-0.39, 0.29) is 17.2 Å². The third-order valence-electron chi connectivity index (χ3n) is 5.43. The lowest BCUT2D eigenvalue weighted by Crippen LogP contribution is -2.27. The Balaban J connectivity index is 1.55. The van der Waals surface area contributed by atoms with Gasteiger partial charge in [0.1, 0.15) is 5.75 Å². The molecular formula is C24H21N5O3S2. The molecule has 0 spiro atoms. The number of hydrogen-bond donors (Lipinski definition) is 0. The molecule has 0 aliphatic carbocycles. The summed E-state index contributed by atoms with van der Waals surface area (Å²) in [6.45, 7) is 0.565. The maximum absolute atomic E-state index is 13.4. The number of rotatable bonds is 7. The fraction of sp³-hybridized carbons (Fsp3) is 0.167. The number of hydrogen-bond acceptors (Lipinski definition) is 7. The number of aromatic nitrogens is 4. The Bertz CT molecular complexity index is 1540. The minimum absolute atomic E-state index is 0.0134. The van der Waals surface area contributed by atoms with Crippen LogP contribution in [-0.4, -0.2) is 49.9 Å². The Labute approximate surface area is 203 Å². The first-order valence-corrected chi connectivity index (χ1v) is 12.4. The van der Waals surface area contributed by atoms with E-state index in [0.717, 1.165) is 4.88 Å². The van der Waals surface area contributed by atoms with E-state index in [1.165, 1.54) is 16.3 Å². The number of para-hydroxylation sites is 1. The van der Waals surface area contributed by atoms with Gasteiger partial charge >= 0.3 is 0 Å². The van der Waals surface area contributed by atoms with Crippen LogP contribution in [0.5, 0.6) is 5.75 Å². The molecule has 3 heterocycles. The van der Waals surface area contributed by atoms with E-state index in [0.29, 0.717) is 39.8 Å². The van der Waals surface area contributed by atoms with Crippen molar-refractivity contribution in [3.63, 3.8) is 0 Å². The number of amides is 1. The molecule has 8 nitrogen and oxygen atoms in total. The van der Waals surface area contributed by atoms with Crippen LogP contribution >= 0.6 is 23.1 Å². The number of carbonyl (C=O) groups is 1. The van der Waals surface area contributed by atoms with Gasteiger partial charge in [-0.15, -0.1) is 21.5 Å². The summed E-state index contributed by atoms with van der Waals surface area (Å²) in [6, 6.07) is 18.6. The number of nitrogens with zero attached hydrogens (tertiary/aromatic N) is 5. The zero-order valence-electron chi connectivity index (χ0n) is 18.5. The van der Waals surface area contributed by atoms with E-state index in [1.54, 1.807) is 42.5 Å². The number of ether oxygens (including phenoxy) is 1. The zero-order valence-corrected chi connectivity index (χ0v) is 20.2. The summed E-state index contributed by atoms with van der Waals surface area (Å²) < 4.78 is 8.69. The van der Waals surface area contributed by atoms with E-state index in [2.05, 4.69) is 10.2 Å². The molecule has 172 valence electrons. The van der Waals surface area contributed by atoms with E-state index in [9.17, 15) is 9.59 Å². The lowest BCUT2D eigenvalue weighted by Gasteiger charge is -2.16. The zero-order chi connectivity index (χ0) is 23.7. The Morgan fingerprint density at radius 2 is 1.97 bits per heavy atom. The van der Waals surface area contributed by atoms with E-state index in [1.807, 2.05) is 58.3 Å². The predicted molar refractivity (Wildman–Crippen MR) is 134 cm³/mol. The highest BCUT2D eigenvalue weighted by atomic mass is 32.2. The minimum Gasteiger partial charge on any atom is -0.497 e. The molecule has 0 N–H and O–H groups in total. The molecule has 0 aliphatic heterocycles. The summed E-state index contributed by atoms with van der Waals surface area (Å²) in [5, 5.41) is 11.7. The van der Waals surface area contributed by atoms with Crippen molar-refractivity contribution in [2.45, 2.75) is 11.7 Å². The molecule has 0 fully saturated rings. The van der Waals surface area contributed by atoms with Crippen LogP contribution in [0.15, 0.2) is 76.0 Å². The van der Waals surface area contributed by atoms with Crippen molar-refractivity contribution < 1.29 is 9.53 Å². The molecule has 1 amide bonds. The topological polar surface area (TPSA) is 81.7 Å². The summed E-state index contributed by atoms with van der Waals surface area (Å²) in [4.78, 5) is 29.0. The lowest BCUT2D eigenvalue weighted by atomic mass is 10.2. The second kappa shape index (κ2) is 9.32. The number of fused-ring (bicyclic) bond motifs is 3. The molecule has 3 aromatic heterocycles. The van der Waals surface area contributed by atoms with Gasteiger partial charge in [-0.25, -0.2) is 4.57 Å². The van der Waals surface area contributed by atoms with Crippen LogP contribution in [0.2, 0.25) is 0 Å². The highest BCUT2D eigenvalue weighted by Gasteiger charge is 2.19. The van der Waals surface area contributed by atoms with Gasteiger partial charge in [-0.2, -0.15) is 0 Å². The normalized spacial score (nSPS) is 11.2. The summed E-state index contributed by atoms with van der Waals surface area (Å²) in [5.41, 5.74) is 1.11. The average Bonchev–Trinajstić information content (AvgIpc) is 3.53. The van der Waals surface area contributed by atoms with Gasteiger partial charge in [0.15, 0.2) is 5.16 Å². The van der Waals surface area contributed by atoms with Crippen molar-refractivity contribution in [2.24, 2.45) is 0 Å². The molecule has 34 heavy (non-hydrogen) atoms. The van der Waals surface area contributed by atoms with Crippen molar-refractivity contribution >= 4 is 45.7 Å². The lowest BCUT2D eigenvalue weighted by molar-refractivity contribution is -0.127. The number of thioether (sulfide) groups is 1. The van der Waals surface area contributed by atoms with Crippen LogP contribution in [0.3, 0.4) is 0 Å². The van der Waals surface area contributed by atoms with Gasteiger partial charge in [-0.05, 0) is 35.7 Å². The fourth-order valence-electron chi connectivity index (χ4n) is 3.72. The van der Waals surface area contributed by atoms with Gasteiger partial charge in [0, 0.05) is 18.0 Å². The molecule has 0 bridgehead atoms. The Kier molecular flexibility index (Phi) is 6.08. The number of methoxy groups -OCH3 is 1. The van der Waals surface area contributed by atoms with E-state index in [4.69, 9.17) is 4.74 Å². The monoisotopic (exact) mass is 491 g/mol. The van der Waals surface area contributed by atoms with Gasteiger partial charge in [0.25, 0.3) is 5.56 Å². The average molecular weight is 492 g/mol. The van der Waals surface area contributed by atoms with Crippen molar-refractivity contribution in [2.75, 3.05) is 19.9 Å². The molecule has 5 aromatic rings. The second-order valence-corrected chi connectivity index (χ2v) is 9.57. The first-order valence-electron chi connectivity index (χ1n) is 10.5. The fourth-order valence-corrected chi connectivity index (χ4v) is 5.35. The van der Waals surface area contributed by atoms with Gasteiger partial charge in [0.05, 0.1) is 36.0 Å². The molecule has 0 saturated heterocycles. The number of benzene rings is 2. The molecule has 0 radical (unpaired) electrons. The van der Waals surface area contributed by atoms with Crippen LogP contribution < -0.4 is 10.3 Å².